The molecule has 0 atom stereocenters. The van der Waals surface area contributed by atoms with Crippen molar-refractivity contribution in [2.45, 2.75) is 38.1 Å². The fourth-order valence-electron chi connectivity index (χ4n) is 5.28. The third-order valence-electron chi connectivity index (χ3n) is 7.60. The Bertz CT molecular complexity index is 1210. The fourth-order valence-corrected chi connectivity index (χ4v) is 8.01. The minimum atomic E-state index is -3.04. The van der Waals surface area contributed by atoms with Crippen LogP contribution in [0.1, 0.15) is 32.1 Å². The molecule has 11 nitrogen and oxygen atoms in total. The van der Waals surface area contributed by atoms with Crippen LogP contribution in [0.4, 0.5) is 11.8 Å². The number of ether oxygens (including phenoxy) is 2. The summed E-state index contributed by atoms with van der Waals surface area (Å²) in [6.07, 6.45) is 4.71. The topological polar surface area (TPSA) is 137 Å². The monoisotopic (exact) mass is 569 g/mol. The highest BCUT2D eigenvalue weighted by Crippen LogP contribution is 2.45. The van der Waals surface area contributed by atoms with E-state index in [1.165, 1.54) is 12.8 Å². The van der Waals surface area contributed by atoms with E-state index >= 15 is 0 Å². The van der Waals surface area contributed by atoms with Crippen LogP contribution >= 0.6 is 10.6 Å². The zero-order chi connectivity index (χ0) is 26.8. The molecule has 3 saturated heterocycles. The Labute approximate surface area is 226 Å². The van der Waals surface area contributed by atoms with Gasteiger partial charge in [-0.15, -0.1) is 0 Å². The van der Waals surface area contributed by atoms with Crippen molar-refractivity contribution in [3.63, 3.8) is 0 Å². The lowest BCUT2D eigenvalue weighted by molar-refractivity contribution is 0.254. The molecule has 3 N–H and O–H groups in total. The lowest BCUT2D eigenvalue weighted by atomic mass is 10.1. The van der Waals surface area contributed by atoms with Crippen LogP contribution in [0.15, 0.2) is 12.1 Å². The molecule has 1 aromatic carbocycles. The first-order valence-electron chi connectivity index (χ1n) is 13.4. The van der Waals surface area contributed by atoms with E-state index in [2.05, 4.69) is 10.2 Å². The first kappa shape index (κ1) is 27.5. The van der Waals surface area contributed by atoms with Gasteiger partial charge in [0.2, 0.25) is 5.95 Å². The molecular weight excluding hydrogens is 530 g/mol. The van der Waals surface area contributed by atoms with E-state index in [-0.39, 0.29) is 17.5 Å². The Morgan fingerprint density at radius 2 is 1.71 bits per heavy atom. The number of fused-ring (bicyclic) bond motifs is 1. The third-order valence-corrected chi connectivity index (χ3v) is 11.0. The second-order valence-electron chi connectivity index (χ2n) is 10.4. The number of nitrogens with zero attached hydrogens (tertiary/aromatic N) is 4. The molecule has 5 rings (SSSR count). The first-order valence-corrected chi connectivity index (χ1v) is 17.1. The molecule has 3 fully saturated rings. The first-order chi connectivity index (χ1) is 18.2. The molecule has 0 unspecified atom stereocenters. The number of rotatable bonds is 9. The Kier molecular flexibility index (Phi) is 8.39. The highest BCUT2D eigenvalue weighted by Gasteiger charge is 2.27. The number of likely N-dealkylation sites (tertiary alicyclic amines) is 1. The summed E-state index contributed by atoms with van der Waals surface area (Å²) in [5, 5.41) is 4.28. The molecule has 3 aliphatic heterocycles. The summed E-state index contributed by atoms with van der Waals surface area (Å²) in [6.45, 7) is 4.58. The van der Waals surface area contributed by atoms with Gasteiger partial charge in [-0.3, -0.25) is 9.11 Å². The smallest absolute Gasteiger partial charge is 0.227 e. The highest BCUT2D eigenvalue weighted by molar-refractivity contribution is 8.24. The lowest BCUT2D eigenvalue weighted by Gasteiger charge is -2.39. The van der Waals surface area contributed by atoms with Crippen LogP contribution in [0.3, 0.4) is 0 Å². The molecule has 13 heteroatoms. The van der Waals surface area contributed by atoms with Gasteiger partial charge in [-0.1, -0.05) is 0 Å². The summed E-state index contributed by atoms with van der Waals surface area (Å²) in [4.78, 5) is 14.0. The molecule has 38 heavy (non-hydrogen) atoms. The highest BCUT2D eigenvalue weighted by atomic mass is 32.3. The number of aromatic nitrogens is 2. The minimum Gasteiger partial charge on any atom is -0.493 e. The normalized spacial score (nSPS) is 22.9. The van der Waals surface area contributed by atoms with Crippen LogP contribution in [0.25, 0.3) is 10.9 Å². The summed E-state index contributed by atoms with van der Waals surface area (Å²) < 4.78 is 55.9. The second kappa shape index (κ2) is 11.6. The van der Waals surface area contributed by atoms with Gasteiger partial charge in [-0.2, -0.15) is 15.6 Å². The molecule has 2 aromatic rings. The predicted octanol–water partition coefficient (Wildman–Crippen LogP) is 3.06. The van der Waals surface area contributed by atoms with Crippen molar-refractivity contribution in [2.24, 2.45) is 0 Å². The van der Waals surface area contributed by atoms with Crippen molar-refractivity contribution in [3.05, 3.63) is 12.1 Å². The van der Waals surface area contributed by atoms with Crippen molar-refractivity contribution < 1.29 is 27.0 Å². The molecule has 0 saturated carbocycles. The van der Waals surface area contributed by atoms with Gasteiger partial charge in [0.05, 0.1) is 30.7 Å². The quantitative estimate of drug-likeness (QED) is 0.384. The number of methoxy groups -OCH3 is 1. The van der Waals surface area contributed by atoms with Gasteiger partial charge < -0.3 is 24.6 Å². The van der Waals surface area contributed by atoms with Gasteiger partial charge in [-0.05, 0) is 51.3 Å². The number of sulfone groups is 1. The van der Waals surface area contributed by atoms with E-state index in [1.54, 1.807) is 7.11 Å². The Morgan fingerprint density at radius 3 is 2.39 bits per heavy atom. The summed E-state index contributed by atoms with van der Waals surface area (Å²) in [7, 11) is -3.93. The molecule has 0 amide bonds. The summed E-state index contributed by atoms with van der Waals surface area (Å²) in [6, 6.07) is 3.79. The van der Waals surface area contributed by atoms with Crippen molar-refractivity contribution in [1.82, 2.24) is 14.9 Å². The molecule has 0 aliphatic carbocycles. The van der Waals surface area contributed by atoms with Crippen molar-refractivity contribution >= 4 is 43.1 Å². The zero-order valence-corrected chi connectivity index (χ0v) is 23.6. The third kappa shape index (κ3) is 6.74. The van der Waals surface area contributed by atoms with E-state index in [1.807, 2.05) is 17.0 Å². The van der Waals surface area contributed by atoms with E-state index in [9.17, 15) is 17.5 Å². The van der Waals surface area contributed by atoms with Gasteiger partial charge >= 0.3 is 0 Å². The molecule has 1 aromatic heterocycles. The van der Waals surface area contributed by atoms with Crippen LogP contribution in [0, 0.1) is 0 Å². The van der Waals surface area contributed by atoms with Crippen LogP contribution < -0.4 is 19.7 Å². The number of hydrogen-bond donors (Lipinski definition) is 3. The Morgan fingerprint density at radius 1 is 1.00 bits per heavy atom. The van der Waals surface area contributed by atoms with E-state index in [0.717, 1.165) is 31.4 Å². The molecule has 212 valence electrons. The molecule has 0 radical (unpaired) electrons. The largest absolute Gasteiger partial charge is 0.493 e. The standard InChI is InChI=1S/C25H39N5O6S2/c1-35-22-17-20-21(18-23(22)36-12-4-9-29-7-2-3-8-29)27-25(30-10-15-38(33,34)16-11-30)28-24(20)26-19-5-13-37(31,32)14-6-19/h17-19,31-32H,2-16H2,1H3,(H,26,27,28). The molecule has 3 aliphatic rings. The average molecular weight is 570 g/mol. The summed E-state index contributed by atoms with van der Waals surface area (Å²) in [5.74, 6) is 3.19. The van der Waals surface area contributed by atoms with Gasteiger partial charge in [0.25, 0.3) is 0 Å². The number of anilines is 2. The number of hydrogen-bond acceptors (Lipinski definition) is 11. The lowest BCUT2D eigenvalue weighted by Crippen LogP contribution is -2.41. The fraction of sp³-hybridized carbons (Fsp3) is 0.680. The molecule has 0 bridgehead atoms. The van der Waals surface area contributed by atoms with Gasteiger partial charge in [0, 0.05) is 48.6 Å². The summed E-state index contributed by atoms with van der Waals surface area (Å²) in [5.41, 5.74) is 0.682. The van der Waals surface area contributed by atoms with Crippen molar-refractivity contribution in [3.8, 4) is 11.5 Å². The molecular formula is C25H39N5O6S2. The minimum absolute atomic E-state index is 0.0371. The average Bonchev–Trinajstić information content (AvgIpc) is 3.41. The zero-order valence-electron chi connectivity index (χ0n) is 22.0. The van der Waals surface area contributed by atoms with E-state index in [4.69, 9.17) is 19.4 Å². The van der Waals surface area contributed by atoms with Crippen molar-refractivity contribution in [2.75, 3.05) is 79.7 Å². The van der Waals surface area contributed by atoms with Crippen LogP contribution in [0.2, 0.25) is 0 Å². The maximum Gasteiger partial charge on any atom is 0.227 e. The van der Waals surface area contributed by atoms with Crippen LogP contribution in [0.5, 0.6) is 11.5 Å². The van der Waals surface area contributed by atoms with E-state index < -0.39 is 20.4 Å². The second-order valence-corrected chi connectivity index (χ2v) is 15.1. The van der Waals surface area contributed by atoms with Gasteiger partial charge in [0.15, 0.2) is 21.3 Å². The van der Waals surface area contributed by atoms with Crippen LogP contribution in [-0.2, 0) is 9.84 Å². The van der Waals surface area contributed by atoms with Gasteiger partial charge in [-0.25, -0.2) is 13.4 Å². The maximum absolute atomic E-state index is 12.0. The molecule has 0 spiro atoms. The maximum atomic E-state index is 12.0. The van der Waals surface area contributed by atoms with Crippen LogP contribution in [-0.4, -0.2) is 108 Å². The number of nitrogens with one attached hydrogen (secondary N) is 1. The summed E-state index contributed by atoms with van der Waals surface area (Å²) >= 11 is 0. The SMILES string of the molecule is COc1cc2c(NC3CCS(O)(O)CC3)nc(N3CCS(=O)(=O)CC3)nc2cc1OCCCN1CCCC1. The Hall–Kier alpha value is -2.06. The van der Waals surface area contributed by atoms with Gasteiger partial charge in [0.1, 0.15) is 5.82 Å². The molecule has 4 heterocycles. The number of benzene rings is 1. The predicted molar refractivity (Wildman–Crippen MR) is 152 cm³/mol. The van der Waals surface area contributed by atoms with E-state index in [0.29, 0.717) is 72.8 Å². The Balaban J connectivity index is 1.41. The van der Waals surface area contributed by atoms with Crippen molar-refractivity contribution in [1.29, 1.82) is 0 Å².